The minimum atomic E-state index is -0.416. The third-order valence-electron chi connectivity index (χ3n) is 3.80. The van der Waals surface area contributed by atoms with E-state index in [-0.39, 0.29) is 11.9 Å². The Balaban J connectivity index is 2.14. The lowest BCUT2D eigenvalue weighted by Gasteiger charge is -2.30. The molecule has 21 heavy (non-hydrogen) atoms. The smallest absolute Gasteiger partial charge is 0.339 e. The Morgan fingerprint density at radius 1 is 1.43 bits per heavy atom. The summed E-state index contributed by atoms with van der Waals surface area (Å²) < 4.78 is 10.2. The number of ether oxygens (including phenoxy) is 2. The Morgan fingerprint density at radius 2 is 2.14 bits per heavy atom. The topological polar surface area (TPSA) is 71.6 Å². The Kier molecular flexibility index (Phi) is 4.80. The number of hydrogen-bond donors (Lipinski definition) is 1. The van der Waals surface area contributed by atoms with E-state index in [1.165, 1.54) is 7.11 Å². The molecule has 2 rings (SSSR count). The molecule has 2 heterocycles. The van der Waals surface area contributed by atoms with Crippen molar-refractivity contribution in [3.63, 3.8) is 0 Å². The molecule has 1 atom stereocenters. The van der Waals surface area contributed by atoms with Gasteiger partial charge >= 0.3 is 5.97 Å². The maximum Gasteiger partial charge on any atom is 0.339 e. The number of carbonyl (C=O) groups excluding carboxylic acids is 2. The second-order valence-corrected chi connectivity index (χ2v) is 5.46. The zero-order chi connectivity index (χ0) is 15.6. The summed E-state index contributed by atoms with van der Waals surface area (Å²) in [5, 5.41) is 0. The van der Waals surface area contributed by atoms with E-state index in [4.69, 9.17) is 9.47 Å². The van der Waals surface area contributed by atoms with Gasteiger partial charge in [-0.3, -0.25) is 9.69 Å². The molecule has 1 saturated heterocycles. The molecule has 1 aromatic heterocycles. The number of hydrogen-bond acceptors (Lipinski definition) is 5. The van der Waals surface area contributed by atoms with Crippen molar-refractivity contribution in [1.82, 2.24) is 9.88 Å². The van der Waals surface area contributed by atoms with Crippen LogP contribution in [0.4, 0.5) is 0 Å². The molecule has 0 bridgehead atoms. The quantitative estimate of drug-likeness (QED) is 0.670. The molecule has 6 heteroatoms. The van der Waals surface area contributed by atoms with Crippen LogP contribution in [0.3, 0.4) is 0 Å². The first kappa shape index (κ1) is 15.7. The van der Waals surface area contributed by atoms with E-state index in [9.17, 15) is 9.59 Å². The standard InChI is InChI=1S/C15H22N2O4/c1-9-7-17(5-6-21-9)8-12(18)14-10(2)13(11(3)16-14)15(19)20-4/h9,16H,5-8H2,1-4H3. The third-order valence-corrected chi connectivity index (χ3v) is 3.80. The lowest BCUT2D eigenvalue weighted by molar-refractivity contribution is -0.0158. The molecule has 0 aromatic carbocycles. The summed E-state index contributed by atoms with van der Waals surface area (Å²) >= 11 is 0. The number of Topliss-reactive ketones (excluding diaryl/α,β-unsaturated/α-hetero) is 1. The average Bonchev–Trinajstić information content (AvgIpc) is 2.73. The molecule has 116 valence electrons. The number of aromatic nitrogens is 1. The molecule has 1 unspecified atom stereocenters. The van der Waals surface area contributed by atoms with Crippen LogP contribution in [-0.2, 0) is 9.47 Å². The molecule has 1 aromatic rings. The van der Waals surface area contributed by atoms with E-state index in [0.717, 1.165) is 13.1 Å². The second kappa shape index (κ2) is 6.41. The van der Waals surface area contributed by atoms with Crippen LogP contribution >= 0.6 is 0 Å². The molecule has 1 aliphatic heterocycles. The molecule has 0 radical (unpaired) electrons. The molecular weight excluding hydrogens is 272 g/mol. The van der Waals surface area contributed by atoms with Crippen LogP contribution < -0.4 is 0 Å². The van der Waals surface area contributed by atoms with E-state index in [1.807, 2.05) is 6.92 Å². The van der Waals surface area contributed by atoms with Crippen LogP contribution in [0.15, 0.2) is 0 Å². The Bertz CT molecular complexity index is 550. The minimum absolute atomic E-state index is 0.0140. The zero-order valence-corrected chi connectivity index (χ0v) is 13.0. The van der Waals surface area contributed by atoms with Gasteiger partial charge in [-0.2, -0.15) is 0 Å². The van der Waals surface area contributed by atoms with E-state index < -0.39 is 5.97 Å². The lowest BCUT2D eigenvalue weighted by atomic mass is 10.1. The van der Waals surface area contributed by atoms with Crippen molar-refractivity contribution in [3.05, 3.63) is 22.5 Å². The van der Waals surface area contributed by atoms with Crippen molar-refractivity contribution in [1.29, 1.82) is 0 Å². The fraction of sp³-hybridized carbons (Fsp3) is 0.600. The maximum atomic E-state index is 12.5. The highest BCUT2D eigenvalue weighted by molar-refractivity contribution is 6.02. The molecule has 1 fully saturated rings. The van der Waals surface area contributed by atoms with Gasteiger partial charge in [-0.15, -0.1) is 0 Å². The van der Waals surface area contributed by atoms with Gasteiger partial charge in [-0.25, -0.2) is 4.79 Å². The largest absolute Gasteiger partial charge is 0.465 e. The molecular formula is C15H22N2O4. The highest BCUT2D eigenvalue weighted by Crippen LogP contribution is 2.20. The minimum Gasteiger partial charge on any atom is -0.465 e. The number of aromatic amines is 1. The van der Waals surface area contributed by atoms with Crippen molar-refractivity contribution in [2.75, 3.05) is 33.4 Å². The fourth-order valence-electron chi connectivity index (χ4n) is 2.75. The summed E-state index contributed by atoms with van der Waals surface area (Å²) in [6, 6.07) is 0. The fourth-order valence-corrected chi connectivity index (χ4v) is 2.75. The van der Waals surface area contributed by atoms with Crippen LogP contribution in [0.25, 0.3) is 0 Å². The van der Waals surface area contributed by atoms with Crippen LogP contribution in [0.5, 0.6) is 0 Å². The number of rotatable bonds is 4. The van der Waals surface area contributed by atoms with Gasteiger partial charge in [0.1, 0.15) is 0 Å². The van der Waals surface area contributed by atoms with Crippen LogP contribution in [0.2, 0.25) is 0 Å². The molecule has 0 saturated carbocycles. The first-order chi connectivity index (χ1) is 9.93. The normalized spacial score (nSPS) is 19.5. The van der Waals surface area contributed by atoms with Crippen LogP contribution in [0, 0.1) is 13.8 Å². The highest BCUT2D eigenvalue weighted by Gasteiger charge is 2.25. The number of nitrogens with zero attached hydrogens (tertiary/aromatic N) is 1. The number of aryl methyl sites for hydroxylation is 1. The van der Waals surface area contributed by atoms with E-state index >= 15 is 0 Å². The van der Waals surface area contributed by atoms with Crippen molar-refractivity contribution in [2.45, 2.75) is 26.9 Å². The summed E-state index contributed by atoms with van der Waals surface area (Å²) in [6.07, 6.45) is 0.142. The van der Waals surface area contributed by atoms with Crippen molar-refractivity contribution < 1.29 is 19.1 Å². The SMILES string of the molecule is COC(=O)c1c(C)[nH]c(C(=O)CN2CCOC(C)C2)c1C. The highest BCUT2D eigenvalue weighted by atomic mass is 16.5. The zero-order valence-electron chi connectivity index (χ0n) is 13.0. The average molecular weight is 294 g/mol. The van der Waals surface area contributed by atoms with Gasteiger partial charge in [0.2, 0.25) is 0 Å². The number of esters is 1. The number of carbonyl (C=O) groups is 2. The maximum absolute atomic E-state index is 12.5. The molecule has 0 spiro atoms. The van der Waals surface area contributed by atoms with Gasteiger partial charge in [0.15, 0.2) is 5.78 Å². The summed E-state index contributed by atoms with van der Waals surface area (Å²) in [5.74, 6) is -0.430. The van der Waals surface area contributed by atoms with Gasteiger partial charge in [-0.05, 0) is 26.3 Å². The summed E-state index contributed by atoms with van der Waals surface area (Å²) in [7, 11) is 1.34. The first-order valence-electron chi connectivity index (χ1n) is 7.08. The van der Waals surface area contributed by atoms with Crippen LogP contribution in [0.1, 0.15) is 39.0 Å². The third kappa shape index (κ3) is 3.33. The predicted octanol–water partition coefficient (Wildman–Crippen LogP) is 1.32. The summed E-state index contributed by atoms with van der Waals surface area (Å²) in [4.78, 5) is 29.3. The summed E-state index contributed by atoms with van der Waals surface area (Å²) in [5.41, 5.74) is 2.27. The monoisotopic (exact) mass is 294 g/mol. The van der Waals surface area contributed by atoms with Crippen molar-refractivity contribution >= 4 is 11.8 Å². The molecule has 0 aliphatic carbocycles. The number of ketones is 1. The van der Waals surface area contributed by atoms with Crippen molar-refractivity contribution in [2.24, 2.45) is 0 Å². The number of nitrogens with one attached hydrogen (secondary N) is 1. The Labute approximate surface area is 124 Å². The van der Waals surface area contributed by atoms with Crippen molar-refractivity contribution in [3.8, 4) is 0 Å². The molecule has 6 nitrogen and oxygen atoms in total. The van der Waals surface area contributed by atoms with Crippen LogP contribution in [-0.4, -0.2) is 61.1 Å². The Hall–Kier alpha value is -1.66. The number of morpholine rings is 1. The van der Waals surface area contributed by atoms with E-state index in [0.29, 0.717) is 35.7 Å². The first-order valence-corrected chi connectivity index (χ1v) is 7.08. The van der Waals surface area contributed by atoms with Gasteiger partial charge < -0.3 is 14.5 Å². The molecule has 0 amide bonds. The van der Waals surface area contributed by atoms with Gasteiger partial charge in [0.25, 0.3) is 0 Å². The lowest BCUT2D eigenvalue weighted by Crippen LogP contribution is -2.43. The van der Waals surface area contributed by atoms with Gasteiger partial charge in [0, 0.05) is 18.8 Å². The molecule has 1 aliphatic rings. The summed E-state index contributed by atoms with van der Waals surface area (Å²) in [6.45, 7) is 8.00. The van der Waals surface area contributed by atoms with Gasteiger partial charge in [0.05, 0.1) is 37.6 Å². The Morgan fingerprint density at radius 3 is 2.76 bits per heavy atom. The van der Waals surface area contributed by atoms with E-state index in [1.54, 1.807) is 13.8 Å². The second-order valence-electron chi connectivity index (χ2n) is 5.46. The number of H-pyrrole nitrogens is 1. The van der Waals surface area contributed by atoms with Gasteiger partial charge in [-0.1, -0.05) is 0 Å². The predicted molar refractivity (Wildman–Crippen MR) is 77.8 cm³/mol. The number of methoxy groups -OCH3 is 1. The van der Waals surface area contributed by atoms with E-state index in [2.05, 4.69) is 9.88 Å². The molecule has 1 N–H and O–H groups in total.